The first kappa shape index (κ1) is 34.9. The van der Waals surface area contributed by atoms with E-state index in [2.05, 4.69) is 20.2 Å². The molecule has 4 heterocycles. The molecule has 0 aliphatic carbocycles. The Morgan fingerprint density at radius 3 is 2.28 bits per heavy atom. The lowest BCUT2D eigenvalue weighted by molar-refractivity contribution is -0.143. The van der Waals surface area contributed by atoms with Gasteiger partial charge in [-0.25, -0.2) is 28.5 Å². The van der Waals surface area contributed by atoms with E-state index in [9.17, 15) is 28.3 Å². The molecule has 1 fully saturated rings. The second kappa shape index (κ2) is 14.1. The van der Waals surface area contributed by atoms with Crippen LogP contribution in [-0.2, 0) is 25.4 Å². The van der Waals surface area contributed by atoms with E-state index >= 15 is 0 Å². The van der Waals surface area contributed by atoms with Gasteiger partial charge in [0.15, 0.2) is 11.5 Å². The van der Waals surface area contributed by atoms with Crippen LogP contribution in [0.5, 0.6) is 5.88 Å². The van der Waals surface area contributed by atoms with Crippen molar-refractivity contribution in [3.05, 3.63) is 90.8 Å². The molecule has 5 aromatic rings. The van der Waals surface area contributed by atoms with E-state index in [1.165, 1.54) is 21.2 Å². The van der Waals surface area contributed by atoms with Crippen molar-refractivity contribution in [1.29, 1.82) is 0 Å². The quantitative estimate of drug-likeness (QED) is 0.184. The van der Waals surface area contributed by atoms with Gasteiger partial charge in [0.1, 0.15) is 11.2 Å². The fourth-order valence-electron chi connectivity index (χ4n) is 6.06. The average Bonchev–Trinajstić information content (AvgIpc) is 3.11. The number of ether oxygens (including phenoxy) is 1. The first-order chi connectivity index (χ1) is 23.9. The molecule has 0 bridgehead atoms. The van der Waals surface area contributed by atoms with Gasteiger partial charge in [0, 0.05) is 42.9 Å². The molecule has 0 saturated carbocycles. The third kappa shape index (κ3) is 6.53. The molecule has 16 heteroatoms. The van der Waals surface area contributed by atoms with Crippen molar-refractivity contribution in [3.8, 4) is 28.3 Å². The van der Waals surface area contributed by atoms with Crippen LogP contribution in [0.25, 0.3) is 33.4 Å². The molecule has 260 valence electrons. The number of aryl methyl sites for hydroxylation is 1. The summed E-state index contributed by atoms with van der Waals surface area (Å²) >= 11 is 13.9. The molecule has 2 N–H and O–H groups in total. The Hall–Kier alpha value is -4.92. The molecule has 12 nitrogen and oxygen atoms in total. The van der Waals surface area contributed by atoms with Crippen molar-refractivity contribution >= 4 is 51.7 Å². The summed E-state index contributed by atoms with van der Waals surface area (Å²) in [6.07, 6.45) is -1.92. The number of carbonyl (C=O) groups is 1. The lowest BCUT2D eigenvalue weighted by Crippen LogP contribution is -2.38. The molecule has 0 radical (unpaired) electrons. The van der Waals surface area contributed by atoms with Crippen LogP contribution >= 0.6 is 23.2 Å². The zero-order valence-electron chi connectivity index (χ0n) is 27.1. The lowest BCUT2D eigenvalue weighted by atomic mass is 9.97. The van der Waals surface area contributed by atoms with Crippen molar-refractivity contribution in [2.24, 2.45) is 20.0 Å². The summed E-state index contributed by atoms with van der Waals surface area (Å²) in [5, 5.41) is 12.5. The molecule has 50 heavy (non-hydrogen) atoms. The number of carboxylic acid groups (broad SMARTS) is 1. The number of halogens is 4. The summed E-state index contributed by atoms with van der Waals surface area (Å²) in [4.78, 5) is 51.6. The van der Waals surface area contributed by atoms with Gasteiger partial charge in [-0.15, -0.1) is 0 Å². The topological polar surface area (TPSA) is 144 Å². The number of nitrogens with one attached hydrogen (secondary N) is 1. The van der Waals surface area contributed by atoms with Gasteiger partial charge in [0.25, 0.3) is 12.0 Å². The van der Waals surface area contributed by atoms with Crippen LogP contribution in [0.4, 0.5) is 20.3 Å². The minimum Gasteiger partial charge on any atom is -0.481 e. The van der Waals surface area contributed by atoms with E-state index in [1.807, 2.05) is 12.1 Å². The Labute approximate surface area is 293 Å². The van der Waals surface area contributed by atoms with Crippen molar-refractivity contribution in [2.45, 2.75) is 25.8 Å². The van der Waals surface area contributed by atoms with E-state index in [-0.39, 0.29) is 33.5 Å². The molecule has 0 amide bonds. The SMILES string of the molecule is COc1nc(-c2cccc(-c3cccc(Nc4nc(C(F)F)nc5c4c(=O)n(C)c(=O)n5C)c3Cl)c2Cl)ccc1CN1CCC(C(=O)O)CC1. The van der Waals surface area contributed by atoms with Crippen LogP contribution in [0.2, 0.25) is 10.0 Å². The fourth-order valence-corrected chi connectivity index (χ4v) is 6.66. The van der Waals surface area contributed by atoms with Crippen molar-refractivity contribution in [1.82, 2.24) is 29.0 Å². The summed E-state index contributed by atoms with van der Waals surface area (Å²) in [6, 6.07) is 14.1. The summed E-state index contributed by atoms with van der Waals surface area (Å²) in [7, 11) is 4.12. The summed E-state index contributed by atoms with van der Waals surface area (Å²) in [6.45, 7) is 1.86. The Bertz CT molecular complexity index is 2260. The monoisotopic (exact) mass is 725 g/mol. The van der Waals surface area contributed by atoms with E-state index in [4.69, 9.17) is 32.9 Å². The molecular formula is C34H31Cl2F2N7O5. The number of likely N-dealkylation sites (tertiary alicyclic amines) is 1. The number of aromatic nitrogens is 5. The smallest absolute Gasteiger partial charge is 0.332 e. The second-order valence-corrected chi connectivity index (χ2v) is 12.6. The van der Waals surface area contributed by atoms with Gasteiger partial charge < -0.3 is 15.2 Å². The summed E-state index contributed by atoms with van der Waals surface area (Å²) in [5.41, 5.74) is 1.49. The van der Waals surface area contributed by atoms with Gasteiger partial charge >= 0.3 is 11.7 Å². The van der Waals surface area contributed by atoms with Crippen LogP contribution in [0.15, 0.2) is 58.1 Å². The van der Waals surface area contributed by atoms with Crippen LogP contribution in [0.1, 0.15) is 30.7 Å². The van der Waals surface area contributed by atoms with Crippen LogP contribution in [0.3, 0.4) is 0 Å². The van der Waals surface area contributed by atoms with Crippen LogP contribution < -0.4 is 21.3 Å². The van der Waals surface area contributed by atoms with Crippen LogP contribution in [-0.4, -0.2) is 60.3 Å². The number of hydrogen-bond acceptors (Lipinski definition) is 9. The molecule has 1 aliphatic rings. The maximum atomic E-state index is 13.8. The minimum atomic E-state index is -3.08. The number of fused-ring (bicyclic) bond motifs is 1. The van der Waals surface area contributed by atoms with Gasteiger partial charge in [0.2, 0.25) is 5.88 Å². The second-order valence-electron chi connectivity index (χ2n) is 11.8. The summed E-state index contributed by atoms with van der Waals surface area (Å²) < 4.78 is 35.1. The van der Waals surface area contributed by atoms with Crippen molar-refractivity contribution in [2.75, 3.05) is 25.5 Å². The fraction of sp³-hybridized carbons (Fsp3) is 0.294. The van der Waals surface area contributed by atoms with Crippen molar-refractivity contribution < 1.29 is 23.4 Å². The Morgan fingerprint density at radius 1 is 0.960 bits per heavy atom. The molecule has 6 rings (SSSR count). The Kier molecular flexibility index (Phi) is 9.87. The number of alkyl halides is 2. The number of piperidine rings is 1. The normalized spacial score (nSPS) is 14.0. The largest absolute Gasteiger partial charge is 0.481 e. The maximum absolute atomic E-state index is 13.8. The third-order valence-electron chi connectivity index (χ3n) is 8.79. The van der Waals surface area contributed by atoms with Gasteiger partial charge in [-0.1, -0.05) is 59.6 Å². The number of aliphatic carboxylic acids is 1. The minimum absolute atomic E-state index is 0.158. The standard InChI is InChI=1S/C34H31Cl2F2N7O5/c1-43-30-24(32(46)44(2)34(43)49)28(41-29(42-30)27(37)38)39-23-9-5-7-20(26(23)36)19-6-4-8-21(25(19)35)22-11-10-18(31(40-22)50-3)16-45-14-12-17(13-15-45)33(47)48/h4-11,17,27H,12-16H2,1-3H3,(H,47,48)(H,39,41,42). The molecule has 0 spiro atoms. The highest BCUT2D eigenvalue weighted by Gasteiger charge is 2.26. The predicted octanol–water partition coefficient (Wildman–Crippen LogP) is 6.05. The van der Waals surface area contributed by atoms with E-state index in [1.54, 1.807) is 36.4 Å². The Balaban J connectivity index is 1.34. The zero-order chi connectivity index (χ0) is 35.9. The van der Waals surface area contributed by atoms with Gasteiger partial charge in [-0.05, 0) is 38.1 Å². The van der Waals surface area contributed by atoms with E-state index in [0.717, 1.165) is 14.7 Å². The van der Waals surface area contributed by atoms with Gasteiger partial charge in [0.05, 0.1) is 34.5 Å². The molecule has 0 atom stereocenters. The molecule has 2 aromatic carbocycles. The highest BCUT2D eigenvalue weighted by Crippen LogP contribution is 2.42. The number of methoxy groups -OCH3 is 1. The van der Waals surface area contributed by atoms with Gasteiger partial charge in [-0.3, -0.25) is 23.6 Å². The summed E-state index contributed by atoms with van der Waals surface area (Å²) in [5.74, 6) is -1.80. The Morgan fingerprint density at radius 2 is 1.62 bits per heavy atom. The average molecular weight is 727 g/mol. The zero-order valence-corrected chi connectivity index (χ0v) is 28.6. The number of hydrogen-bond donors (Lipinski definition) is 2. The molecule has 0 unspecified atom stereocenters. The molecule has 1 aliphatic heterocycles. The highest BCUT2D eigenvalue weighted by atomic mass is 35.5. The van der Waals surface area contributed by atoms with E-state index < -0.39 is 29.5 Å². The molecule has 1 saturated heterocycles. The number of anilines is 2. The molecule has 3 aromatic heterocycles. The highest BCUT2D eigenvalue weighted by molar-refractivity contribution is 6.39. The number of nitrogens with zero attached hydrogens (tertiary/aromatic N) is 6. The number of benzene rings is 2. The van der Waals surface area contributed by atoms with Gasteiger partial charge in [-0.2, -0.15) is 0 Å². The molecular weight excluding hydrogens is 695 g/mol. The number of carboxylic acids is 1. The number of pyridine rings is 1. The first-order valence-electron chi connectivity index (χ1n) is 15.5. The number of rotatable bonds is 9. The first-order valence-corrected chi connectivity index (χ1v) is 16.2. The lowest BCUT2D eigenvalue weighted by Gasteiger charge is -2.30. The third-order valence-corrected chi connectivity index (χ3v) is 9.61. The van der Waals surface area contributed by atoms with Crippen molar-refractivity contribution in [3.63, 3.8) is 0 Å². The maximum Gasteiger partial charge on any atom is 0.332 e. The van der Waals surface area contributed by atoms with Crippen LogP contribution in [0, 0.1) is 5.92 Å². The predicted molar refractivity (Wildman–Crippen MR) is 186 cm³/mol. The van der Waals surface area contributed by atoms with E-state index in [0.29, 0.717) is 65.8 Å².